The Morgan fingerprint density at radius 3 is 2.35 bits per heavy atom. The fourth-order valence-corrected chi connectivity index (χ4v) is 2.59. The maximum absolute atomic E-state index is 3.62. The molecule has 1 nitrogen and oxygen atoms in total. The second-order valence-corrected chi connectivity index (χ2v) is 4.72. The van der Waals surface area contributed by atoms with Gasteiger partial charge in [0.15, 0.2) is 0 Å². The highest BCUT2D eigenvalue weighted by Crippen LogP contribution is 2.23. The molecule has 1 N–H and O–H groups in total. The molecular formula is C16H17N. The number of nitrogens with one attached hydrogen (secondary N) is 1. The predicted octanol–water partition coefficient (Wildman–Crippen LogP) is 3.66. The van der Waals surface area contributed by atoms with Crippen molar-refractivity contribution in [2.24, 2.45) is 0 Å². The highest BCUT2D eigenvalue weighted by Gasteiger charge is 2.17. The van der Waals surface area contributed by atoms with Gasteiger partial charge >= 0.3 is 0 Å². The molecule has 17 heavy (non-hydrogen) atoms. The van der Waals surface area contributed by atoms with Crippen molar-refractivity contribution in [1.29, 1.82) is 0 Å². The third-order valence-corrected chi connectivity index (χ3v) is 3.49. The Morgan fingerprint density at radius 1 is 0.824 bits per heavy atom. The van der Waals surface area contributed by atoms with E-state index in [0.717, 1.165) is 6.42 Å². The number of anilines is 1. The van der Waals surface area contributed by atoms with Crippen LogP contribution in [0, 0.1) is 0 Å². The van der Waals surface area contributed by atoms with Crippen LogP contribution in [0.4, 0.5) is 5.69 Å². The monoisotopic (exact) mass is 223 g/mol. The molecule has 0 radical (unpaired) electrons. The largest absolute Gasteiger partial charge is 0.382 e. The summed E-state index contributed by atoms with van der Waals surface area (Å²) in [6.45, 7) is 0. The molecule has 2 aromatic carbocycles. The van der Waals surface area contributed by atoms with Crippen molar-refractivity contribution >= 4 is 5.69 Å². The van der Waals surface area contributed by atoms with Crippen LogP contribution in [0.2, 0.25) is 0 Å². The van der Waals surface area contributed by atoms with Crippen molar-refractivity contribution in [2.45, 2.75) is 25.3 Å². The number of benzene rings is 2. The van der Waals surface area contributed by atoms with Crippen LogP contribution in [-0.4, -0.2) is 6.04 Å². The second-order valence-electron chi connectivity index (χ2n) is 4.72. The minimum Gasteiger partial charge on any atom is -0.382 e. The van der Waals surface area contributed by atoms with Crippen molar-refractivity contribution in [3.8, 4) is 0 Å². The Hall–Kier alpha value is -1.76. The molecule has 0 saturated heterocycles. The molecule has 3 rings (SSSR count). The summed E-state index contributed by atoms with van der Waals surface area (Å²) < 4.78 is 0. The number of hydrogen-bond donors (Lipinski definition) is 1. The first kappa shape index (κ1) is 10.4. The van der Waals surface area contributed by atoms with Gasteiger partial charge in [0.2, 0.25) is 0 Å². The lowest BCUT2D eigenvalue weighted by Gasteiger charge is -2.26. The van der Waals surface area contributed by atoms with Crippen LogP contribution in [0.1, 0.15) is 17.5 Å². The van der Waals surface area contributed by atoms with Crippen molar-refractivity contribution in [1.82, 2.24) is 0 Å². The molecule has 0 aliphatic heterocycles. The standard InChI is InChI=1S/C16H17N/c1-2-8-15(9-3-1)17-16-11-10-13-6-4-5-7-14(13)12-16/h1-9,16-17H,10-12H2. The zero-order valence-corrected chi connectivity index (χ0v) is 9.89. The molecule has 86 valence electrons. The smallest absolute Gasteiger partial charge is 0.0342 e. The van der Waals surface area contributed by atoms with Crippen LogP contribution in [0.3, 0.4) is 0 Å². The van der Waals surface area contributed by atoms with E-state index in [4.69, 9.17) is 0 Å². The topological polar surface area (TPSA) is 12.0 Å². The van der Waals surface area contributed by atoms with Gasteiger partial charge in [0, 0.05) is 11.7 Å². The van der Waals surface area contributed by atoms with Gasteiger partial charge in [0.05, 0.1) is 0 Å². The van der Waals surface area contributed by atoms with E-state index in [1.54, 1.807) is 0 Å². The van der Waals surface area contributed by atoms with Crippen molar-refractivity contribution in [3.63, 3.8) is 0 Å². The Kier molecular flexibility index (Phi) is 2.83. The lowest BCUT2D eigenvalue weighted by atomic mass is 9.88. The van der Waals surface area contributed by atoms with Crippen molar-refractivity contribution < 1.29 is 0 Å². The van der Waals surface area contributed by atoms with E-state index in [9.17, 15) is 0 Å². The van der Waals surface area contributed by atoms with Gasteiger partial charge in [-0.3, -0.25) is 0 Å². The van der Waals surface area contributed by atoms with Crippen LogP contribution in [0.5, 0.6) is 0 Å². The normalized spacial score (nSPS) is 18.5. The Balaban J connectivity index is 1.72. The summed E-state index contributed by atoms with van der Waals surface area (Å²) in [5.74, 6) is 0. The number of fused-ring (bicyclic) bond motifs is 1. The van der Waals surface area contributed by atoms with Gasteiger partial charge in [-0.25, -0.2) is 0 Å². The molecule has 1 aliphatic carbocycles. The van der Waals surface area contributed by atoms with Gasteiger partial charge in [-0.2, -0.15) is 0 Å². The quantitative estimate of drug-likeness (QED) is 0.819. The minimum absolute atomic E-state index is 0.576. The lowest BCUT2D eigenvalue weighted by molar-refractivity contribution is 0.611. The number of para-hydroxylation sites is 1. The molecule has 1 aliphatic rings. The summed E-state index contributed by atoms with van der Waals surface area (Å²) >= 11 is 0. The van der Waals surface area contributed by atoms with E-state index < -0.39 is 0 Å². The first-order valence-electron chi connectivity index (χ1n) is 6.30. The van der Waals surface area contributed by atoms with E-state index in [0.29, 0.717) is 6.04 Å². The molecule has 1 heteroatoms. The average Bonchev–Trinajstić information content (AvgIpc) is 2.40. The van der Waals surface area contributed by atoms with Crippen LogP contribution in [-0.2, 0) is 12.8 Å². The molecule has 1 atom stereocenters. The summed E-state index contributed by atoms with van der Waals surface area (Å²) in [7, 11) is 0. The molecule has 0 heterocycles. The average molecular weight is 223 g/mol. The molecule has 0 saturated carbocycles. The number of aryl methyl sites for hydroxylation is 1. The van der Waals surface area contributed by atoms with Gasteiger partial charge in [-0.1, -0.05) is 42.5 Å². The van der Waals surface area contributed by atoms with E-state index in [-0.39, 0.29) is 0 Å². The zero-order chi connectivity index (χ0) is 11.5. The maximum Gasteiger partial charge on any atom is 0.0342 e. The van der Waals surface area contributed by atoms with Crippen LogP contribution >= 0.6 is 0 Å². The highest BCUT2D eigenvalue weighted by molar-refractivity contribution is 5.44. The van der Waals surface area contributed by atoms with Crippen molar-refractivity contribution in [2.75, 3.05) is 5.32 Å². The molecular weight excluding hydrogens is 206 g/mol. The summed E-state index contributed by atoms with van der Waals surface area (Å²) in [5.41, 5.74) is 4.27. The van der Waals surface area contributed by atoms with Crippen LogP contribution in [0.25, 0.3) is 0 Å². The van der Waals surface area contributed by atoms with Crippen molar-refractivity contribution in [3.05, 3.63) is 65.7 Å². The predicted molar refractivity (Wildman–Crippen MR) is 72.3 cm³/mol. The van der Waals surface area contributed by atoms with Gasteiger partial charge in [0.1, 0.15) is 0 Å². The minimum atomic E-state index is 0.576. The maximum atomic E-state index is 3.62. The summed E-state index contributed by atoms with van der Waals surface area (Å²) in [5, 5.41) is 3.62. The Bertz CT molecular complexity index is 490. The summed E-state index contributed by atoms with van der Waals surface area (Å²) in [4.78, 5) is 0. The van der Waals surface area contributed by atoms with E-state index in [1.165, 1.54) is 29.7 Å². The third-order valence-electron chi connectivity index (χ3n) is 3.49. The molecule has 0 spiro atoms. The van der Waals surface area contributed by atoms with Gasteiger partial charge in [-0.05, 0) is 42.5 Å². The van der Waals surface area contributed by atoms with Gasteiger partial charge in [0.25, 0.3) is 0 Å². The third kappa shape index (κ3) is 2.33. The van der Waals surface area contributed by atoms with E-state index >= 15 is 0 Å². The molecule has 0 bridgehead atoms. The van der Waals surface area contributed by atoms with E-state index in [1.807, 2.05) is 0 Å². The molecule has 0 amide bonds. The van der Waals surface area contributed by atoms with Gasteiger partial charge in [-0.15, -0.1) is 0 Å². The lowest BCUT2D eigenvalue weighted by Crippen LogP contribution is -2.27. The Morgan fingerprint density at radius 2 is 1.53 bits per heavy atom. The van der Waals surface area contributed by atoms with Crippen LogP contribution in [0.15, 0.2) is 54.6 Å². The molecule has 2 aromatic rings. The van der Waals surface area contributed by atoms with Crippen LogP contribution < -0.4 is 5.32 Å². The highest BCUT2D eigenvalue weighted by atomic mass is 14.9. The Labute approximate surface area is 102 Å². The first-order chi connectivity index (χ1) is 8.42. The van der Waals surface area contributed by atoms with Gasteiger partial charge < -0.3 is 5.32 Å². The second kappa shape index (κ2) is 4.62. The summed E-state index contributed by atoms with van der Waals surface area (Å²) in [6, 6.07) is 19.9. The fourth-order valence-electron chi connectivity index (χ4n) is 2.59. The van der Waals surface area contributed by atoms with E-state index in [2.05, 4.69) is 59.9 Å². The molecule has 0 aromatic heterocycles. The first-order valence-corrected chi connectivity index (χ1v) is 6.30. The zero-order valence-electron chi connectivity index (χ0n) is 9.89. The molecule has 0 fully saturated rings. The molecule has 1 unspecified atom stereocenters. The number of rotatable bonds is 2. The summed E-state index contributed by atoms with van der Waals surface area (Å²) in [6.07, 6.45) is 3.57. The fraction of sp³-hybridized carbons (Fsp3) is 0.250. The SMILES string of the molecule is c1ccc(NC2CCc3ccccc3C2)cc1. The number of hydrogen-bond acceptors (Lipinski definition) is 1.